The smallest absolute Gasteiger partial charge is 0.162 e. The highest BCUT2D eigenvalue weighted by Gasteiger charge is 2.37. The van der Waals surface area contributed by atoms with Crippen molar-refractivity contribution in [3.8, 4) is 0 Å². The molecule has 2 atom stereocenters. The molecule has 3 nitrogen and oxygen atoms in total. The van der Waals surface area contributed by atoms with Gasteiger partial charge in [-0.3, -0.25) is 5.21 Å². The first-order chi connectivity index (χ1) is 6.86. The molecule has 1 aliphatic heterocycles. The van der Waals surface area contributed by atoms with Crippen LogP contribution < -0.4 is 5.43 Å². The Bertz CT molecular complexity index is 478. The molecule has 1 N–H and O–H groups in total. The second kappa shape index (κ2) is 2.78. The maximum Gasteiger partial charge on any atom is 0.162 e. The van der Waals surface area contributed by atoms with E-state index in [-0.39, 0.29) is 6.17 Å². The van der Waals surface area contributed by atoms with Crippen molar-refractivity contribution in [3.05, 3.63) is 48.0 Å². The molecule has 1 saturated heterocycles. The number of hydrogen-bond acceptors (Lipinski definition) is 2. The van der Waals surface area contributed by atoms with Gasteiger partial charge in [0, 0.05) is 0 Å². The molecular formula is C11H9N2O. The Morgan fingerprint density at radius 1 is 1.07 bits per heavy atom. The predicted octanol–water partition coefficient (Wildman–Crippen LogP) is 2.06. The minimum absolute atomic E-state index is 0.166. The molecule has 3 heteroatoms. The molecule has 1 heterocycles. The molecule has 1 fully saturated rings. The third kappa shape index (κ3) is 1.11. The first-order valence-electron chi connectivity index (χ1n) is 4.53. The monoisotopic (exact) mass is 185 g/mol. The quantitative estimate of drug-likeness (QED) is 0.690. The van der Waals surface area contributed by atoms with E-state index in [0.29, 0.717) is 0 Å². The Morgan fingerprint density at radius 2 is 1.79 bits per heavy atom. The van der Waals surface area contributed by atoms with Crippen molar-refractivity contribution < 1.29 is 5.21 Å². The number of benzene rings is 2. The molecule has 0 saturated carbocycles. The van der Waals surface area contributed by atoms with Gasteiger partial charge in [0.1, 0.15) is 0 Å². The van der Waals surface area contributed by atoms with Gasteiger partial charge in [-0.2, -0.15) is 0 Å². The van der Waals surface area contributed by atoms with Crippen molar-refractivity contribution in [2.45, 2.75) is 6.17 Å². The molecule has 2 unspecified atom stereocenters. The van der Waals surface area contributed by atoms with Crippen LogP contribution in [0.15, 0.2) is 42.5 Å². The van der Waals surface area contributed by atoms with Gasteiger partial charge in [0.2, 0.25) is 0 Å². The van der Waals surface area contributed by atoms with Crippen molar-refractivity contribution in [1.82, 2.24) is 10.6 Å². The van der Waals surface area contributed by atoms with Gasteiger partial charge in [-0.15, -0.1) is 5.43 Å². The summed E-state index contributed by atoms with van der Waals surface area (Å²) in [6, 6.07) is 14.1. The minimum atomic E-state index is -0.166. The predicted molar refractivity (Wildman–Crippen MR) is 52.4 cm³/mol. The molecule has 1 radical (unpaired) electrons. The molecule has 3 rings (SSSR count). The van der Waals surface area contributed by atoms with Gasteiger partial charge >= 0.3 is 0 Å². The van der Waals surface area contributed by atoms with Crippen LogP contribution in [0.25, 0.3) is 10.8 Å². The highest BCUT2D eigenvalue weighted by molar-refractivity contribution is 5.86. The summed E-state index contributed by atoms with van der Waals surface area (Å²) in [5.74, 6) is 0. The lowest BCUT2D eigenvalue weighted by atomic mass is 10.0. The van der Waals surface area contributed by atoms with Gasteiger partial charge in [0.25, 0.3) is 0 Å². The summed E-state index contributed by atoms with van der Waals surface area (Å²) in [6.07, 6.45) is -0.166. The molecule has 0 amide bonds. The summed E-state index contributed by atoms with van der Waals surface area (Å²) in [6.45, 7) is 0. The fourth-order valence-electron chi connectivity index (χ4n) is 1.74. The van der Waals surface area contributed by atoms with E-state index in [9.17, 15) is 0 Å². The largest absolute Gasteiger partial charge is 0.296 e. The van der Waals surface area contributed by atoms with Gasteiger partial charge in [-0.1, -0.05) is 47.6 Å². The summed E-state index contributed by atoms with van der Waals surface area (Å²) in [7, 11) is 0. The second-order valence-corrected chi connectivity index (χ2v) is 3.38. The summed E-state index contributed by atoms with van der Waals surface area (Å²) in [5, 5.41) is 12.4. The summed E-state index contributed by atoms with van der Waals surface area (Å²) in [5.41, 5.74) is 4.93. The molecule has 2 aromatic carbocycles. The molecule has 14 heavy (non-hydrogen) atoms. The molecule has 0 aromatic heterocycles. The lowest BCUT2D eigenvalue weighted by Gasteiger charge is -2.02. The molecule has 0 bridgehead atoms. The molecule has 0 aliphatic carbocycles. The van der Waals surface area contributed by atoms with Crippen LogP contribution in [0.4, 0.5) is 0 Å². The van der Waals surface area contributed by atoms with Gasteiger partial charge in [0.15, 0.2) is 6.17 Å². The maximum absolute atomic E-state index is 9.11. The number of fused-ring (bicyclic) bond motifs is 1. The van der Waals surface area contributed by atoms with Crippen molar-refractivity contribution >= 4 is 10.8 Å². The van der Waals surface area contributed by atoms with Gasteiger partial charge in [-0.25, -0.2) is 0 Å². The number of nitrogens with zero attached hydrogens (tertiary/aromatic N) is 2. The standard InChI is InChI=1S/C11H9N2O/c14-13-11(12-13)10-7-3-5-8-4-1-2-6-9(8)10/h1-7,11,14H. The highest BCUT2D eigenvalue weighted by atomic mass is 16.6. The third-order valence-electron chi connectivity index (χ3n) is 2.49. The Hall–Kier alpha value is -1.42. The van der Waals surface area contributed by atoms with Crippen molar-refractivity contribution in [2.75, 3.05) is 0 Å². The molecule has 0 spiro atoms. The maximum atomic E-state index is 9.11. The van der Waals surface area contributed by atoms with Gasteiger partial charge in [-0.05, 0) is 16.3 Å². The van der Waals surface area contributed by atoms with E-state index in [1.54, 1.807) is 0 Å². The van der Waals surface area contributed by atoms with E-state index in [1.165, 1.54) is 5.39 Å². The Morgan fingerprint density at radius 3 is 2.57 bits per heavy atom. The zero-order valence-electron chi connectivity index (χ0n) is 7.46. The lowest BCUT2D eigenvalue weighted by molar-refractivity contribution is 0.000203. The second-order valence-electron chi connectivity index (χ2n) is 3.38. The van der Waals surface area contributed by atoms with Gasteiger partial charge < -0.3 is 0 Å². The van der Waals surface area contributed by atoms with Crippen LogP contribution in [-0.2, 0) is 0 Å². The third-order valence-corrected chi connectivity index (χ3v) is 2.49. The zero-order valence-corrected chi connectivity index (χ0v) is 7.46. The number of hydroxylamine groups is 1. The van der Waals surface area contributed by atoms with E-state index >= 15 is 0 Å². The molecule has 2 aromatic rings. The Kier molecular flexibility index (Phi) is 1.58. The molecular weight excluding hydrogens is 176 g/mol. The molecule has 1 aliphatic rings. The van der Waals surface area contributed by atoms with Crippen LogP contribution in [0.2, 0.25) is 0 Å². The first kappa shape index (κ1) is 7.94. The zero-order chi connectivity index (χ0) is 9.54. The van der Waals surface area contributed by atoms with Crippen LogP contribution in [0.3, 0.4) is 0 Å². The van der Waals surface area contributed by atoms with Crippen LogP contribution in [-0.4, -0.2) is 10.4 Å². The average Bonchev–Trinajstić information content (AvgIpc) is 2.95. The normalized spacial score (nSPS) is 25.2. The van der Waals surface area contributed by atoms with Crippen LogP contribution >= 0.6 is 0 Å². The summed E-state index contributed by atoms with van der Waals surface area (Å²) >= 11 is 0. The highest BCUT2D eigenvalue weighted by Crippen LogP contribution is 2.33. The van der Waals surface area contributed by atoms with Crippen LogP contribution in [0.1, 0.15) is 11.7 Å². The van der Waals surface area contributed by atoms with Gasteiger partial charge in [0.05, 0.1) is 0 Å². The van der Waals surface area contributed by atoms with E-state index in [2.05, 4.69) is 17.6 Å². The lowest BCUT2D eigenvalue weighted by Crippen LogP contribution is -1.89. The van der Waals surface area contributed by atoms with E-state index < -0.39 is 0 Å². The van der Waals surface area contributed by atoms with Crippen molar-refractivity contribution in [3.63, 3.8) is 0 Å². The minimum Gasteiger partial charge on any atom is -0.296 e. The van der Waals surface area contributed by atoms with Crippen molar-refractivity contribution in [1.29, 1.82) is 0 Å². The number of rotatable bonds is 1. The average molecular weight is 185 g/mol. The Labute approximate surface area is 81.5 Å². The SMILES string of the molecule is ON1[N]C1c1cccc2ccccc12. The van der Waals surface area contributed by atoms with Crippen LogP contribution in [0.5, 0.6) is 0 Å². The van der Waals surface area contributed by atoms with Crippen LogP contribution in [0, 0.1) is 0 Å². The summed E-state index contributed by atoms with van der Waals surface area (Å²) < 4.78 is 0. The number of hydrogen-bond donors (Lipinski definition) is 1. The fraction of sp³-hybridized carbons (Fsp3) is 0.0909. The van der Waals surface area contributed by atoms with E-state index in [4.69, 9.17) is 5.21 Å². The van der Waals surface area contributed by atoms with Crippen molar-refractivity contribution in [2.24, 2.45) is 0 Å². The van der Waals surface area contributed by atoms with E-state index in [1.807, 2.05) is 30.3 Å². The Balaban J connectivity index is 2.23. The fourth-order valence-corrected chi connectivity index (χ4v) is 1.74. The first-order valence-corrected chi connectivity index (χ1v) is 4.53. The summed E-state index contributed by atoms with van der Waals surface area (Å²) in [4.78, 5) is 0. The van der Waals surface area contributed by atoms with E-state index in [0.717, 1.165) is 16.1 Å². The molecule has 69 valence electrons. The topological polar surface area (TPSA) is 37.3 Å².